The van der Waals surface area contributed by atoms with Crippen LogP contribution in [0.25, 0.3) is 0 Å². The first kappa shape index (κ1) is 12.8. The number of rotatable bonds is 3. The third-order valence-electron chi connectivity index (χ3n) is 3.31. The van der Waals surface area contributed by atoms with Gasteiger partial charge in [0.25, 0.3) is 0 Å². The first-order chi connectivity index (χ1) is 8.65. The molecule has 18 heavy (non-hydrogen) atoms. The summed E-state index contributed by atoms with van der Waals surface area (Å²) in [5.41, 5.74) is 5.93. The molecule has 0 aliphatic carbocycles. The summed E-state index contributed by atoms with van der Waals surface area (Å²) in [7, 11) is 1.33. The number of esters is 1. The van der Waals surface area contributed by atoms with Crippen molar-refractivity contribution in [2.45, 2.75) is 19.4 Å². The number of carbonyl (C=O) groups excluding carboxylic acids is 1. The lowest BCUT2D eigenvalue weighted by Crippen LogP contribution is -2.29. The molecule has 0 saturated carbocycles. The lowest BCUT2D eigenvalue weighted by atomic mass is 10.1. The first-order valence-electron chi connectivity index (χ1n) is 6.02. The van der Waals surface area contributed by atoms with Gasteiger partial charge in [-0.25, -0.2) is 9.78 Å². The Balaban J connectivity index is 2.21. The predicted octanol–water partition coefficient (Wildman–Crippen LogP) is 0.437. The summed E-state index contributed by atoms with van der Waals surface area (Å²) in [5.74, 6) is 0.719. The van der Waals surface area contributed by atoms with Crippen molar-refractivity contribution in [1.82, 2.24) is 9.97 Å². The molecule has 0 bridgehead atoms. The van der Waals surface area contributed by atoms with Gasteiger partial charge in [0.2, 0.25) is 0 Å². The summed E-state index contributed by atoms with van der Waals surface area (Å²) in [6.45, 7) is 3.66. The number of methoxy groups -OCH3 is 1. The molecule has 6 heteroatoms. The minimum atomic E-state index is -0.466. The van der Waals surface area contributed by atoms with Crippen molar-refractivity contribution in [2.24, 2.45) is 11.7 Å². The normalized spacial score (nSPS) is 23.2. The number of aromatic nitrogens is 2. The minimum Gasteiger partial charge on any atom is -0.464 e. The number of anilines is 1. The Kier molecular flexibility index (Phi) is 3.76. The molecule has 2 N–H and O–H groups in total. The molecule has 0 aromatic carbocycles. The molecule has 1 aliphatic rings. The second-order valence-electron chi connectivity index (χ2n) is 4.59. The largest absolute Gasteiger partial charge is 0.464 e. The summed E-state index contributed by atoms with van der Waals surface area (Å²) in [6, 6.07) is 0.362. The lowest BCUT2D eigenvalue weighted by Gasteiger charge is -2.22. The van der Waals surface area contributed by atoms with E-state index in [2.05, 4.69) is 26.5 Å². The molecule has 2 atom stereocenters. The maximum absolute atomic E-state index is 11.4. The molecule has 98 valence electrons. The molecule has 0 radical (unpaired) electrons. The summed E-state index contributed by atoms with van der Waals surface area (Å²) in [6.07, 6.45) is 4.12. The highest BCUT2D eigenvalue weighted by atomic mass is 16.5. The fraction of sp³-hybridized carbons (Fsp3) is 0.583. The van der Waals surface area contributed by atoms with Crippen LogP contribution in [-0.4, -0.2) is 42.2 Å². The van der Waals surface area contributed by atoms with Crippen LogP contribution in [0.15, 0.2) is 12.4 Å². The van der Waals surface area contributed by atoms with E-state index in [1.807, 2.05) is 0 Å². The molecular formula is C12H18N4O2. The SMILES string of the molecule is COC(=O)c1cncc(N2CC(CN)CC2C)n1. The zero-order chi connectivity index (χ0) is 13.1. The number of hydrogen-bond donors (Lipinski definition) is 1. The number of nitrogens with two attached hydrogens (primary N) is 1. The van der Waals surface area contributed by atoms with E-state index in [1.54, 1.807) is 6.20 Å². The van der Waals surface area contributed by atoms with Crippen molar-refractivity contribution in [3.05, 3.63) is 18.1 Å². The van der Waals surface area contributed by atoms with Gasteiger partial charge in [0.1, 0.15) is 5.82 Å². The molecule has 6 nitrogen and oxygen atoms in total. The van der Waals surface area contributed by atoms with Gasteiger partial charge in [0, 0.05) is 12.6 Å². The van der Waals surface area contributed by atoms with Gasteiger partial charge < -0.3 is 15.4 Å². The molecule has 2 heterocycles. The van der Waals surface area contributed by atoms with E-state index < -0.39 is 5.97 Å². The van der Waals surface area contributed by atoms with Crippen LogP contribution in [0, 0.1) is 5.92 Å². The van der Waals surface area contributed by atoms with Crippen molar-refractivity contribution in [1.29, 1.82) is 0 Å². The molecule has 1 aromatic rings. The van der Waals surface area contributed by atoms with E-state index in [-0.39, 0.29) is 5.69 Å². The maximum atomic E-state index is 11.4. The summed E-state index contributed by atoms with van der Waals surface area (Å²) in [5, 5.41) is 0. The highest BCUT2D eigenvalue weighted by Gasteiger charge is 2.29. The van der Waals surface area contributed by atoms with Gasteiger partial charge in [-0.1, -0.05) is 0 Å². The van der Waals surface area contributed by atoms with Gasteiger partial charge in [-0.2, -0.15) is 0 Å². The van der Waals surface area contributed by atoms with Gasteiger partial charge in [0.15, 0.2) is 5.69 Å². The van der Waals surface area contributed by atoms with E-state index in [0.717, 1.165) is 13.0 Å². The number of hydrogen-bond acceptors (Lipinski definition) is 6. The van der Waals surface area contributed by atoms with Gasteiger partial charge >= 0.3 is 5.97 Å². The standard InChI is InChI=1S/C12H18N4O2/c1-8-3-9(4-13)7-16(8)11-6-14-5-10(15-11)12(17)18-2/h5-6,8-9H,3-4,7,13H2,1-2H3. The second-order valence-corrected chi connectivity index (χ2v) is 4.59. The van der Waals surface area contributed by atoms with Gasteiger partial charge in [-0.3, -0.25) is 4.98 Å². The van der Waals surface area contributed by atoms with Crippen LogP contribution in [0.5, 0.6) is 0 Å². The van der Waals surface area contributed by atoms with E-state index in [1.165, 1.54) is 13.3 Å². The highest BCUT2D eigenvalue weighted by Crippen LogP contribution is 2.26. The van der Waals surface area contributed by atoms with E-state index in [9.17, 15) is 4.79 Å². The van der Waals surface area contributed by atoms with Crippen molar-refractivity contribution >= 4 is 11.8 Å². The topological polar surface area (TPSA) is 81.3 Å². The van der Waals surface area contributed by atoms with E-state index >= 15 is 0 Å². The van der Waals surface area contributed by atoms with Crippen LogP contribution in [-0.2, 0) is 4.74 Å². The average Bonchev–Trinajstić information content (AvgIpc) is 2.79. The Morgan fingerprint density at radius 3 is 3.00 bits per heavy atom. The first-order valence-corrected chi connectivity index (χ1v) is 6.02. The lowest BCUT2D eigenvalue weighted by molar-refractivity contribution is 0.0593. The Bertz CT molecular complexity index is 438. The third kappa shape index (κ3) is 2.43. The van der Waals surface area contributed by atoms with E-state index in [0.29, 0.717) is 24.3 Å². The maximum Gasteiger partial charge on any atom is 0.358 e. The van der Waals surface area contributed by atoms with Gasteiger partial charge in [-0.05, 0) is 25.8 Å². The van der Waals surface area contributed by atoms with Crippen LogP contribution in [0.1, 0.15) is 23.8 Å². The van der Waals surface area contributed by atoms with Crippen molar-refractivity contribution in [3.63, 3.8) is 0 Å². The zero-order valence-corrected chi connectivity index (χ0v) is 10.7. The summed E-state index contributed by atoms with van der Waals surface area (Å²) in [4.78, 5) is 21.9. The number of nitrogens with zero attached hydrogens (tertiary/aromatic N) is 3. The molecule has 1 aliphatic heterocycles. The molecule has 2 rings (SSSR count). The van der Waals surface area contributed by atoms with E-state index in [4.69, 9.17) is 5.73 Å². The molecule has 0 spiro atoms. The fourth-order valence-electron chi connectivity index (χ4n) is 2.33. The monoisotopic (exact) mass is 250 g/mol. The predicted molar refractivity (Wildman–Crippen MR) is 67.3 cm³/mol. The quantitative estimate of drug-likeness (QED) is 0.784. The fourth-order valence-corrected chi connectivity index (χ4v) is 2.33. The average molecular weight is 250 g/mol. The number of ether oxygens (including phenoxy) is 1. The summed E-state index contributed by atoms with van der Waals surface area (Å²) >= 11 is 0. The van der Waals surface area contributed by atoms with Crippen LogP contribution in [0.3, 0.4) is 0 Å². The molecular weight excluding hydrogens is 232 g/mol. The number of carbonyl (C=O) groups is 1. The highest BCUT2D eigenvalue weighted by molar-refractivity contribution is 5.87. The van der Waals surface area contributed by atoms with Crippen molar-refractivity contribution in [3.8, 4) is 0 Å². The summed E-state index contributed by atoms with van der Waals surface area (Å²) < 4.78 is 4.64. The minimum absolute atomic E-state index is 0.235. The van der Waals surface area contributed by atoms with Crippen LogP contribution in [0.2, 0.25) is 0 Å². The van der Waals surface area contributed by atoms with Gasteiger partial charge in [0.05, 0.1) is 19.5 Å². The van der Waals surface area contributed by atoms with Crippen LogP contribution >= 0.6 is 0 Å². The van der Waals surface area contributed by atoms with Crippen molar-refractivity contribution < 1.29 is 9.53 Å². The second kappa shape index (κ2) is 5.30. The third-order valence-corrected chi connectivity index (χ3v) is 3.31. The molecule has 0 amide bonds. The van der Waals surface area contributed by atoms with Gasteiger partial charge in [-0.15, -0.1) is 0 Å². The molecule has 1 saturated heterocycles. The van der Waals surface area contributed by atoms with Crippen LogP contribution in [0.4, 0.5) is 5.82 Å². The molecule has 1 aromatic heterocycles. The van der Waals surface area contributed by atoms with Crippen LogP contribution < -0.4 is 10.6 Å². The Hall–Kier alpha value is -1.69. The molecule has 1 fully saturated rings. The Morgan fingerprint density at radius 2 is 2.39 bits per heavy atom. The Labute approximate surface area is 106 Å². The smallest absolute Gasteiger partial charge is 0.358 e. The molecule has 2 unspecified atom stereocenters. The van der Waals surface area contributed by atoms with Crippen molar-refractivity contribution in [2.75, 3.05) is 25.1 Å². The Morgan fingerprint density at radius 1 is 1.61 bits per heavy atom. The zero-order valence-electron chi connectivity index (χ0n) is 10.7.